The first-order valence-corrected chi connectivity index (χ1v) is 6.04. The Morgan fingerprint density at radius 3 is 2.26 bits per heavy atom. The number of rotatable bonds is 1. The van der Waals surface area contributed by atoms with Gasteiger partial charge in [0.2, 0.25) is 0 Å². The van der Waals surface area contributed by atoms with Crippen molar-refractivity contribution in [2.45, 2.75) is 43.6 Å². The molecule has 0 aliphatic heterocycles. The Kier molecular flexibility index (Phi) is 3.55. The lowest BCUT2D eigenvalue weighted by molar-refractivity contribution is -0.140. The van der Waals surface area contributed by atoms with Crippen LogP contribution in [0.5, 0.6) is 0 Å². The van der Waals surface area contributed by atoms with Crippen molar-refractivity contribution in [3.8, 4) is 0 Å². The maximum Gasteiger partial charge on any atom is 0.419 e. The summed E-state index contributed by atoms with van der Waals surface area (Å²) in [4.78, 5) is 0. The van der Waals surface area contributed by atoms with Crippen LogP contribution >= 0.6 is 0 Å². The topological polar surface area (TPSA) is 26.0 Å². The van der Waals surface area contributed by atoms with Crippen LogP contribution in [0, 0.1) is 5.82 Å². The molecule has 0 heterocycles. The van der Waals surface area contributed by atoms with E-state index in [0.29, 0.717) is 25.0 Å². The van der Waals surface area contributed by atoms with Gasteiger partial charge in [-0.2, -0.15) is 13.2 Å². The lowest BCUT2D eigenvalue weighted by atomic mass is 9.79. The van der Waals surface area contributed by atoms with Crippen LogP contribution in [0.1, 0.15) is 36.8 Å². The van der Waals surface area contributed by atoms with Gasteiger partial charge in [-0.1, -0.05) is 6.07 Å². The highest BCUT2D eigenvalue weighted by molar-refractivity contribution is 5.31. The first kappa shape index (κ1) is 14.2. The number of hydrogen-bond donors (Lipinski definition) is 1. The molecule has 0 aromatic heterocycles. The van der Waals surface area contributed by atoms with Crippen LogP contribution in [-0.2, 0) is 11.8 Å². The van der Waals surface area contributed by atoms with Gasteiger partial charge in [0.25, 0.3) is 0 Å². The maximum absolute atomic E-state index is 14.6. The lowest BCUT2D eigenvalue weighted by Crippen LogP contribution is -2.34. The molecule has 1 aliphatic rings. The highest BCUT2D eigenvalue weighted by Gasteiger charge is 2.40. The van der Waals surface area contributed by atoms with Crippen molar-refractivity contribution < 1.29 is 22.0 Å². The number of hydrogen-bond acceptors (Lipinski definition) is 1. The van der Waals surface area contributed by atoms with E-state index in [-0.39, 0.29) is 24.4 Å². The van der Waals surface area contributed by atoms with E-state index in [2.05, 4.69) is 0 Å². The normalized spacial score (nSPS) is 28.4. The number of halogens is 5. The molecular formula is C13H14F5N. The second-order valence-corrected chi connectivity index (χ2v) is 5.00. The summed E-state index contributed by atoms with van der Waals surface area (Å²) in [6, 6.07) is 2.22. The van der Waals surface area contributed by atoms with E-state index in [4.69, 9.17) is 5.73 Å². The summed E-state index contributed by atoms with van der Waals surface area (Å²) in [6.45, 7) is 0. The highest BCUT2D eigenvalue weighted by atomic mass is 19.4. The Balaban J connectivity index is 2.36. The second kappa shape index (κ2) is 4.74. The molecule has 0 spiro atoms. The Morgan fingerprint density at radius 1 is 1.16 bits per heavy atom. The highest BCUT2D eigenvalue weighted by Crippen LogP contribution is 2.42. The van der Waals surface area contributed by atoms with E-state index in [1.807, 2.05) is 0 Å². The molecule has 1 fully saturated rings. The molecule has 1 nitrogen and oxygen atoms in total. The molecule has 19 heavy (non-hydrogen) atoms. The van der Waals surface area contributed by atoms with E-state index in [0.717, 1.165) is 6.07 Å². The minimum atomic E-state index is -4.82. The monoisotopic (exact) mass is 279 g/mol. The van der Waals surface area contributed by atoms with Crippen molar-refractivity contribution in [3.63, 3.8) is 0 Å². The number of nitrogens with two attached hydrogens (primary N) is 1. The van der Waals surface area contributed by atoms with Gasteiger partial charge in [0.1, 0.15) is 11.5 Å². The van der Waals surface area contributed by atoms with Gasteiger partial charge >= 0.3 is 6.18 Å². The summed E-state index contributed by atoms with van der Waals surface area (Å²) in [5.41, 5.74) is 2.27. The predicted octanol–water partition coefficient (Wildman–Crippen LogP) is 3.91. The summed E-state index contributed by atoms with van der Waals surface area (Å²) < 4.78 is 65.6. The predicted molar refractivity (Wildman–Crippen MR) is 60.6 cm³/mol. The molecule has 0 bridgehead atoms. The van der Waals surface area contributed by atoms with Crippen LogP contribution in [0.3, 0.4) is 0 Å². The molecule has 0 radical (unpaired) electrons. The first-order valence-electron chi connectivity index (χ1n) is 6.04. The van der Waals surface area contributed by atoms with E-state index < -0.39 is 23.2 Å². The molecule has 106 valence electrons. The van der Waals surface area contributed by atoms with Gasteiger partial charge in [0.05, 0.1) is 5.56 Å². The average molecular weight is 279 g/mol. The fraction of sp³-hybridized carbons (Fsp3) is 0.538. The van der Waals surface area contributed by atoms with Gasteiger partial charge in [-0.3, -0.25) is 0 Å². The zero-order valence-electron chi connectivity index (χ0n) is 10.1. The van der Waals surface area contributed by atoms with Crippen LogP contribution in [0.2, 0.25) is 0 Å². The third kappa shape index (κ3) is 2.88. The van der Waals surface area contributed by atoms with Gasteiger partial charge in [-0.15, -0.1) is 0 Å². The van der Waals surface area contributed by atoms with Gasteiger partial charge in [-0.05, 0) is 43.4 Å². The van der Waals surface area contributed by atoms with Crippen LogP contribution in [0.4, 0.5) is 22.0 Å². The second-order valence-electron chi connectivity index (χ2n) is 5.00. The first-order chi connectivity index (χ1) is 8.72. The van der Waals surface area contributed by atoms with Gasteiger partial charge in [0, 0.05) is 6.04 Å². The Labute approximate surface area is 107 Å². The van der Waals surface area contributed by atoms with Crippen molar-refractivity contribution in [2.75, 3.05) is 0 Å². The van der Waals surface area contributed by atoms with Crippen LogP contribution < -0.4 is 5.73 Å². The standard InChI is InChI=1S/C13H14F5N/c14-11-2-1-8(7-10(11)13(16,17)18)12(15)5-3-9(19)4-6-12/h1-2,7,9H,3-6,19H2. The summed E-state index contributed by atoms with van der Waals surface area (Å²) in [5, 5.41) is 0. The van der Waals surface area contributed by atoms with Crippen molar-refractivity contribution >= 4 is 0 Å². The summed E-state index contributed by atoms with van der Waals surface area (Å²) in [7, 11) is 0. The van der Waals surface area contributed by atoms with E-state index in [9.17, 15) is 22.0 Å². The largest absolute Gasteiger partial charge is 0.419 e. The minimum absolute atomic E-state index is 0.0666. The molecule has 2 N–H and O–H groups in total. The molecular weight excluding hydrogens is 265 g/mol. The number of benzene rings is 1. The van der Waals surface area contributed by atoms with E-state index >= 15 is 0 Å². The zero-order chi connectivity index (χ0) is 14.3. The Bertz CT molecular complexity index is 461. The molecule has 2 rings (SSSR count). The molecule has 0 amide bonds. The van der Waals surface area contributed by atoms with Crippen LogP contribution in [0.15, 0.2) is 18.2 Å². The maximum atomic E-state index is 14.6. The summed E-state index contributed by atoms with van der Waals surface area (Å²) in [5.74, 6) is -1.38. The average Bonchev–Trinajstić information content (AvgIpc) is 2.32. The third-order valence-electron chi connectivity index (χ3n) is 3.61. The van der Waals surface area contributed by atoms with E-state index in [1.165, 1.54) is 0 Å². The van der Waals surface area contributed by atoms with E-state index in [1.54, 1.807) is 0 Å². The van der Waals surface area contributed by atoms with Crippen LogP contribution in [-0.4, -0.2) is 6.04 Å². The van der Waals surface area contributed by atoms with Gasteiger partial charge in [0.15, 0.2) is 0 Å². The quantitative estimate of drug-likeness (QED) is 0.775. The zero-order valence-corrected chi connectivity index (χ0v) is 10.1. The molecule has 1 aliphatic carbocycles. The molecule has 1 saturated carbocycles. The number of alkyl halides is 4. The van der Waals surface area contributed by atoms with Crippen molar-refractivity contribution in [1.29, 1.82) is 0 Å². The Hall–Kier alpha value is -1.17. The smallest absolute Gasteiger partial charge is 0.328 e. The SMILES string of the molecule is NC1CCC(F)(c2ccc(F)c(C(F)(F)F)c2)CC1. The van der Waals surface area contributed by atoms with Crippen molar-refractivity contribution in [1.82, 2.24) is 0 Å². The van der Waals surface area contributed by atoms with Gasteiger partial charge < -0.3 is 5.73 Å². The summed E-state index contributed by atoms with van der Waals surface area (Å²) in [6.07, 6.45) is -3.86. The molecule has 0 unspecified atom stereocenters. The van der Waals surface area contributed by atoms with Crippen LogP contribution in [0.25, 0.3) is 0 Å². The third-order valence-corrected chi connectivity index (χ3v) is 3.61. The molecule has 1 aromatic rings. The minimum Gasteiger partial charge on any atom is -0.328 e. The molecule has 0 saturated heterocycles. The fourth-order valence-corrected chi connectivity index (χ4v) is 2.41. The molecule has 6 heteroatoms. The van der Waals surface area contributed by atoms with Gasteiger partial charge in [-0.25, -0.2) is 8.78 Å². The Morgan fingerprint density at radius 2 is 1.74 bits per heavy atom. The molecule has 1 aromatic carbocycles. The molecule has 0 atom stereocenters. The lowest BCUT2D eigenvalue weighted by Gasteiger charge is -2.33. The van der Waals surface area contributed by atoms with Crippen molar-refractivity contribution in [2.24, 2.45) is 5.73 Å². The van der Waals surface area contributed by atoms with Crippen molar-refractivity contribution in [3.05, 3.63) is 35.1 Å². The summed E-state index contributed by atoms with van der Waals surface area (Å²) >= 11 is 0. The fourth-order valence-electron chi connectivity index (χ4n) is 2.41.